The summed E-state index contributed by atoms with van der Waals surface area (Å²) < 4.78 is 1.67. The highest BCUT2D eigenvalue weighted by molar-refractivity contribution is 5.95. The molecule has 1 amide bonds. The molecule has 1 atom stereocenters. The Morgan fingerprint density at radius 2 is 2.00 bits per heavy atom. The average molecular weight is 345 g/mol. The van der Waals surface area contributed by atoms with E-state index < -0.39 is 0 Å². The van der Waals surface area contributed by atoms with Crippen LogP contribution in [0.2, 0.25) is 0 Å². The molecule has 0 bridgehead atoms. The second kappa shape index (κ2) is 5.48. The first-order chi connectivity index (χ1) is 12.7. The first kappa shape index (κ1) is 14.8. The lowest BCUT2D eigenvalue weighted by atomic mass is 9.86. The normalized spacial score (nSPS) is 16.5. The van der Waals surface area contributed by atoms with Crippen LogP contribution in [0, 0.1) is 6.92 Å². The Balaban J connectivity index is 1.74. The molecular weight excluding hydrogens is 330 g/mol. The van der Waals surface area contributed by atoms with Crippen molar-refractivity contribution in [3.63, 3.8) is 0 Å². The second-order valence-corrected chi connectivity index (χ2v) is 6.27. The van der Waals surface area contributed by atoms with Crippen molar-refractivity contribution in [2.75, 3.05) is 5.32 Å². The van der Waals surface area contributed by atoms with Gasteiger partial charge in [-0.2, -0.15) is 9.78 Å². The molecule has 0 aliphatic carbocycles. The molecule has 0 radical (unpaired) electrons. The van der Waals surface area contributed by atoms with Gasteiger partial charge in [0.05, 0.1) is 12.0 Å². The van der Waals surface area contributed by atoms with Gasteiger partial charge in [-0.15, -0.1) is 0 Å². The van der Waals surface area contributed by atoms with Gasteiger partial charge in [-0.3, -0.25) is 4.79 Å². The molecule has 1 aliphatic rings. The zero-order chi connectivity index (χ0) is 17.7. The highest BCUT2D eigenvalue weighted by Crippen LogP contribution is 2.40. The summed E-state index contributed by atoms with van der Waals surface area (Å²) in [5, 5.41) is 7.64. The van der Waals surface area contributed by atoms with Gasteiger partial charge in [-0.25, -0.2) is 15.0 Å². The molecule has 2 N–H and O–H groups in total. The number of fused-ring (bicyclic) bond motifs is 2. The Morgan fingerprint density at radius 1 is 1.15 bits per heavy atom. The number of carbonyl (C=O) groups excluding carboxylic acids is 1. The van der Waals surface area contributed by atoms with Crippen LogP contribution in [0.3, 0.4) is 0 Å². The molecule has 3 aromatic heterocycles. The van der Waals surface area contributed by atoms with Crippen LogP contribution in [0.15, 0.2) is 43.0 Å². The monoisotopic (exact) mass is 345 g/mol. The van der Waals surface area contributed by atoms with Gasteiger partial charge in [0.25, 0.3) is 0 Å². The molecule has 0 saturated heterocycles. The van der Waals surface area contributed by atoms with Gasteiger partial charge in [0.15, 0.2) is 11.5 Å². The van der Waals surface area contributed by atoms with Crippen molar-refractivity contribution < 1.29 is 4.79 Å². The Hall–Kier alpha value is -3.55. The molecule has 5 rings (SSSR count). The van der Waals surface area contributed by atoms with Gasteiger partial charge in [0.2, 0.25) is 5.91 Å². The fourth-order valence-corrected chi connectivity index (χ4v) is 3.58. The van der Waals surface area contributed by atoms with Gasteiger partial charge in [0.1, 0.15) is 17.7 Å². The number of carbonyl (C=O) groups is 1. The molecule has 8 heteroatoms. The predicted octanol–water partition coefficient (Wildman–Crippen LogP) is 2.32. The largest absolute Gasteiger partial charge is 0.340 e. The summed E-state index contributed by atoms with van der Waals surface area (Å²) >= 11 is 0. The Bertz CT molecular complexity index is 1130. The lowest BCUT2D eigenvalue weighted by Gasteiger charge is -2.24. The van der Waals surface area contributed by atoms with E-state index in [0.29, 0.717) is 29.2 Å². The Morgan fingerprint density at radius 3 is 2.85 bits per heavy atom. The summed E-state index contributed by atoms with van der Waals surface area (Å²) in [5.41, 5.74) is 4.20. The van der Waals surface area contributed by atoms with Gasteiger partial charge in [-0.05, 0) is 12.5 Å². The summed E-state index contributed by atoms with van der Waals surface area (Å²) in [6.07, 6.45) is 3.41. The van der Waals surface area contributed by atoms with Crippen LogP contribution in [0.5, 0.6) is 0 Å². The van der Waals surface area contributed by atoms with Crippen LogP contribution < -0.4 is 5.32 Å². The van der Waals surface area contributed by atoms with Gasteiger partial charge >= 0.3 is 0 Å². The molecule has 1 aliphatic heterocycles. The molecule has 4 heterocycles. The number of nitrogens with zero attached hydrogens (tertiary/aromatic N) is 5. The van der Waals surface area contributed by atoms with Gasteiger partial charge < -0.3 is 10.3 Å². The third-order valence-electron chi connectivity index (χ3n) is 4.71. The minimum Gasteiger partial charge on any atom is -0.340 e. The Labute approximate surface area is 148 Å². The molecule has 0 spiro atoms. The molecule has 128 valence electrons. The quantitative estimate of drug-likeness (QED) is 0.580. The van der Waals surface area contributed by atoms with Crippen molar-refractivity contribution in [2.45, 2.75) is 19.3 Å². The van der Waals surface area contributed by atoms with Crippen molar-refractivity contribution in [3.05, 3.63) is 59.8 Å². The number of aromatic amines is 1. The average Bonchev–Trinajstić information content (AvgIpc) is 3.26. The highest BCUT2D eigenvalue weighted by Gasteiger charge is 2.33. The van der Waals surface area contributed by atoms with E-state index in [-0.39, 0.29) is 11.8 Å². The van der Waals surface area contributed by atoms with E-state index in [0.717, 1.165) is 16.8 Å². The maximum atomic E-state index is 12.4. The Kier molecular flexibility index (Phi) is 3.11. The van der Waals surface area contributed by atoms with Crippen molar-refractivity contribution in [2.24, 2.45) is 0 Å². The number of amides is 1. The van der Waals surface area contributed by atoms with E-state index >= 15 is 0 Å². The van der Waals surface area contributed by atoms with Crippen molar-refractivity contribution in [1.29, 1.82) is 0 Å². The molecule has 1 aromatic carbocycles. The number of benzene rings is 1. The SMILES string of the molecule is Cc1nn(-c2ncnc3nc[nH]c23)c2c1[C@H](c1ccccc1)CC(=O)N2. The lowest BCUT2D eigenvalue weighted by molar-refractivity contribution is -0.116. The van der Waals surface area contributed by atoms with E-state index in [1.807, 2.05) is 37.3 Å². The number of hydrogen-bond donors (Lipinski definition) is 2. The predicted molar refractivity (Wildman–Crippen MR) is 95.1 cm³/mol. The van der Waals surface area contributed by atoms with Crippen LogP contribution in [0.4, 0.5) is 5.82 Å². The number of aromatic nitrogens is 6. The minimum absolute atomic E-state index is 0.0344. The van der Waals surface area contributed by atoms with Crippen LogP contribution in [-0.4, -0.2) is 35.6 Å². The summed E-state index contributed by atoms with van der Waals surface area (Å²) in [5.74, 6) is 1.14. The van der Waals surface area contributed by atoms with Crippen molar-refractivity contribution in [1.82, 2.24) is 29.7 Å². The maximum absolute atomic E-state index is 12.4. The number of nitrogens with one attached hydrogen (secondary N) is 2. The molecular formula is C18H15N7O. The van der Waals surface area contributed by atoms with Crippen LogP contribution in [0.25, 0.3) is 17.0 Å². The fourth-order valence-electron chi connectivity index (χ4n) is 3.58. The van der Waals surface area contributed by atoms with Crippen molar-refractivity contribution in [3.8, 4) is 5.82 Å². The lowest BCUT2D eigenvalue weighted by Crippen LogP contribution is -2.25. The zero-order valence-electron chi connectivity index (χ0n) is 14.0. The van der Waals surface area contributed by atoms with E-state index in [2.05, 4.69) is 30.4 Å². The number of anilines is 1. The smallest absolute Gasteiger partial charge is 0.226 e. The third kappa shape index (κ3) is 2.12. The van der Waals surface area contributed by atoms with E-state index in [4.69, 9.17) is 0 Å². The number of rotatable bonds is 2. The first-order valence-corrected chi connectivity index (χ1v) is 8.31. The summed E-state index contributed by atoms with van der Waals surface area (Å²) in [6.45, 7) is 1.95. The van der Waals surface area contributed by atoms with Crippen LogP contribution in [-0.2, 0) is 4.79 Å². The van der Waals surface area contributed by atoms with Crippen molar-refractivity contribution >= 4 is 22.9 Å². The summed E-state index contributed by atoms with van der Waals surface area (Å²) in [6, 6.07) is 10.0. The second-order valence-electron chi connectivity index (χ2n) is 6.27. The third-order valence-corrected chi connectivity index (χ3v) is 4.71. The number of hydrogen-bond acceptors (Lipinski definition) is 5. The fraction of sp³-hybridized carbons (Fsp3) is 0.167. The molecule has 8 nitrogen and oxygen atoms in total. The molecule has 0 fully saturated rings. The first-order valence-electron chi connectivity index (χ1n) is 8.31. The molecule has 0 saturated carbocycles. The van der Waals surface area contributed by atoms with Gasteiger partial charge in [0, 0.05) is 17.9 Å². The molecule has 4 aromatic rings. The standard InChI is InChI=1S/C18H15N7O/c1-10-14-12(11-5-3-2-4-6-11)7-13(26)23-17(14)25(24-10)18-15-16(20-8-19-15)21-9-22-18/h2-6,8-9,12H,7H2,1H3,(H,23,26)(H,19,20,21,22)/t12-/m0/s1. The molecule has 26 heavy (non-hydrogen) atoms. The van der Waals surface area contributed by atoms with E-state index in [9.17, 15) is 4.79 Å². The van der Waals surface area contributed by atoms with E-state index in [1.165, 1.54) is 6.33 Å². The van der Waals surface area contributed by atoms with Gasteiger partial charge in [-0.1, -0.05) is 30.3 Å². The number of aryl methyl sites for hydroxylation is 1. The van der Waals surface area contributed by atoms with Crippen LogP contribution >= 0.6 is 0 Å². The summed E-state index contributed by atoms with van der Waals surface area (Å²) in [4.78, 5) is 28.1. The number of imidazole rings is 1. The highest BCUT2D eigenvalue weighted by atomic mass is 16.1. The minimum atomic E-state index is -0.0394. The van der Waals surface area contributed by atoms with Crippen LogP contribution in [0.1, 0.15) is 29.2 Å². The topological polar surface area (TPSA) is 101 Å². The maximum Gasteiger partial charge on any atom is 0.226 e. The summed E-state index contributed by atoms with van der Waals surface area (Å²) in [7, 11) is 0. The van der Waals surface area contributed by atoms with E-state index in [1.54, 1.807) is 11.0 Å². The zero-order valence-corrected chi connectivity index (χ0v) is 14.0. The number of H-pyrrole nitrogens is 1. The molecule has 0 unspecified atom stereocenters.